The number of H-pyrrole nitrogens is 1. The minimum absolute atomic E-state index is 0.0992. The number of aromatic nitrogens is 3. The molecule has 0 aliphatic rings. The summed E-state index contributed by atoms with van der Waals surface area (Å²) in [5.41, 5.74) is 1.97. The van der Waals surface area contributed by atoms with Crippen molar-refractivity contribution < 1.29 is 8.78 Å². The van der Waals surface area contributed by atoms with E-state index in [1.54, 1.807) is 10.6 Å². The molecule has 0 atom stereocenters. The molecule has 4 nitrogen and oxygen atoms in total. The summed E-state index contributed by atoms with van der Waals surface area (Å²) in [7, 11) is 0. The molecule has 3 rings (SSSR count). The zero-order valence-electron chi connectivity index (χ0n) is 13.6. The van der Waals surface area contributed by atoms with Gasteiger partial charge in [0.15, 0.2) is 5.16 Å². The van der Waals surface area contributed by atoms with E-state index in [-0.39, 0.29) is 22.9 Å². The van der Waals surface area contributed by atoms with Crippen molar-refractivity contribution in [2.75, 3.05) is 0 Å². The number of nitrogens with one attached hydrogen (secondary N) is 1. The molecule has 24 heavy (non-hydrogen) atoms. The van der Waals surface area contributed by atoms with Gasteiger partial charge in [-0.1, -0.05) is 11.8 Å². The van der Waals surface area contributed by atoms with Crippen molar-refractivity contribution in [1.82, 2.24) is 14.5 Å². The molecule has 0 saturated heterocycles. The number of hydrogen-bond acceptors (Lipinski definition) is 3. The fourth-order valence-corrected chi connectivity index (χ4v) is 3.64. The minimum Gasteiger partial charge on any atom is -0.353 e. The lowest BCUT2D eigenvalue weighted by Crippen LogP contribution is -2.25. The predicted molar refractivity (Wildman–Crippen MR) is 91.4 cm³/mol. The van der Waals surface area contributed by atoms with Crippen molar-refractivity contribution >= 4 is 22.8 Å². The molecule has 126 valence electrons. The van der Waals surface area contributed by atoms with Crippen molar-refractivity contribution in [3.63, 3.8) is 0 Å². The van der Waals surface area contributed by atoms with Gasteiger partial charge in [-0.15, -0.1) is 0 Å². The zero-order chi connectivity index (χ0) is 17.4. The Morgan fingerprint density at radius 2 is 2.04 bits per heavy atom. The van der Waals surface area contributed by atoms with E-state index in [1.165, 1.54) is 17.8 Å². The van der Waals surface area contributed by atoms with E-state index in [0.717, 1.165) is 17.8 Å². The van der Waals surface area contributed by atoms with Gasteiger partial charge in [0.2, 0.25) is 0 Å². The highest BCUT2D eigenvalue weighted by molar-refractivity contribution is 7.98. The van der Waals surface area contributed by atoms with Crippen LogP contribution in [-0.2, 0) is 5.75 Å². The Morgan fingerprint density at radius 1 is 1.29 bits per heavy atom. The largest absolute Gasteiger partial charge is 0.353 e. The molecule has 0 radical (unpaired) electrons. The van der Waals surface area contributed by atoms with E-state index in [4.69, 9.17) is 0 Å². The summed E-state index contributed by atoms with van der Waals surface area (Å²) >= 11 is 1.22. The van der Waals surface area contributed by atoms with Crippen molar-refractivity contribution in [2.24, 2.45) is 0 Å². The highest BCUT2D eigenvalue weighted by atomic mass is 32.2. The highest BCUT2D eigenvalue weighted by Gasteiger charge is 2.16. The maximum Gasteiger partial charge on any atom is 0.278 e. The van der Waals surface area contributed by atoms with E-state index in [1.807, 2.05) is 20.8 Å². The zero-order valence-corrected chi connectivity index (χ0v) is 14.4. The number of thioether (sulfide) groups is 1. The first-order valence-corrected chi connectivity index (χ1v) is 8.54. The van der Waals surface area contributed by atoms with Crippen LogP contribution < -0.4 is 5.56 Å². The normalized spacial score (nSPS) is 11.6. The van der Waals surface area contributed by atoms with E-state index in [2.05, 4.69) is 9.97 Å². The third-order valence-electron chi connectivity index (χ3n) is 3.67. The lowest BCUT2D eigenvalue weighted by molar-refractivity contribution is 0.518. The van der Waals surface area contributed by atoms with Gasteiger partial charge in [0.05, 0.1) is 5.52 Å². The molecule has 0 saturated carbocycles. The molecule has 7 heteroatoms. The summed E-state index contributed by atoms with van der Waals surface area (Å²) in [6.07, 6.45) is 0. The fourth-order valence-electron chi connectivity index (χ4n) is 2.54. The van der Waals surface area contributed by atoms with Crippen molar-refractivity contribution in [1.29, 1.82) is 0 Å². The Kier molecular flexibility index (Phi) is 4.45. The Labute approximate surface area is 141 Å². The van der Waals surface area contributed by atoms with E-state index in [0.29, 0.717) is 16.2 Å². The van der Waals surface area contributed by atoms with Crippen LogP contribution in [0.3, 0.4) is 0 Å². The van der Waals surface area contributed by atoms with Crippen molar-refractivity contribution in [2.45, 2.75) is 37.7 Å². The van der Waals surface area contributed by atoms with Gasteiger partial charge in [0.1, 0.15) is 17.2 Å². The maximum absolute atomic E-state index is 13.8. The number of halogens is 2. The topological polar surface area (TPSA) is 50.7 Å². The summed E-state index contributed by atoms with van der Waals surface area (Å²) in [5.74, 6) is -0.767. The molecule has 2 heterocycles. The van der Waals surface area contributed by atoms with Gasteiger partial charge in [0, 0.05) is 23.1 Å². The van der Waals surface area contributed by atoms with Gasteiger partial charge in [-0.3, -0.25) is 9.36 Å². The summed E-state index contributed by atoms with van der Waals surface area (Å²) in [4.78, 5) is 20.2. The number of rotatable bonds is 4. The standard InChI is InChI=1S/C17H17F2N3OS/c1-9(2)22-16(23)15-14(6-10(3)20-15)21-17(22)24-8-11-7-12(18)4-5-13(11)19/h4-7,9,20H,8H2,1-3H3. The van der Waals surface area contributed by atoms with Crippen molar-refractivity contribution in [3.05, 3.63) is 57.5 Å². The summed E-state index contributed by atoms with van der Waals surface area (Å²) in [6, 6.07) is 5.05. The molecule has 1 N–H and O–H groups in total. The third-order valence-corrected chi connectivity index (χ3v) is 4.67. The van der Waals surface area contributed by atoms with Crippen LogP contribution >= 0.6 is 11.8 Å². The molecule has 0 amide bonds. The first kappa shape index (κ1) is 16.7. The average molecular weight is 349 g/mol. The van der Waals surface area contributed by atoms with Crippen molar-refractivity contribution in [3.8, 4) is 0 Å². The molecule has 0 spiro atoms. The Hall–Kier alpha value is -2.15. The van der Waals surface area contributed by atoms with Gasteiger partial charge in [0.25, 0.3) is 5.56 Å². The SMILES string of the molecule is Cc1cc2nc(SCc3cc(F)ccc3F)n(C(C)C)c(=O)c2[nH]1. The van der Waals surface area contributed by atoms with Crippen LogP contribution in [-0.4, -0.2) is 14.5 Å². The number of aromatic amines is 1. The Balaban J connectivity index is 2.03. The molecule has 1 aromatic carbocycles. The number of hydrogen-bond donors (Lipinski definition) is 1. The van der Waals surface area contributed by atoms with E-state index < -0.39 is 11.6 Å². The monoisotopic (exact) mass is 349 g/mol. The second-order valence-corrected chi connectivity index (χ2v) is 6.84. The average Bonchev–Trinajstić information content (AvgIpc) is 2.88. The summed E-state index contributed by atoms with van der Waals surface area (Å²) in [6.45, 7) is 5.63. The molecular weight excluding hydrogens is 332 g/mol. The minimum atomic E-state index is -0.488. The van der Waals surface area contributed by atoms with Crippen LogP contribution in [0.5, 0.6) is 0 Å². The lowest BCUT2D eigenvalue weighted by atomic mass is 10.2. The van der Waals surface area contributed by atoms with Crippen LogP contribution in [0.25, 0.3) is 11.0 Å². The van der Waals surface area contributed by atoms with Gasteiger partial charge in [-0.05, 0) is 45.0 Å². The fraction of sp³-hybridized carbons (Fsp3) is 0.294. The first-order chi connectivity index (χ1) is 11.4. The Morgan fingerprint density at radius 3 is 2.75 bits per heavy atom. The van der Waals surface area contributed by atoms with Crippen LogP contribution in [0.1, 0.15) is 31.1 Å². The third kappa shape index (κ3) is 3.08. The van der Waals surface area contributed by atoms with Gasteiger partial charge < -0.3 is 4.98 Å². The van der Waals surface area contributed by atoms with Crippen LogP contribution in [0.4, 0.5) is 8.78 Å². The maximum atomic E-state index is 13.8. The number of fused-ring (bicyclic) bond motifs is 1. The lowest BCUT2D eigenvalue weighted by Gasteiger charge is -2.15. The predicted octanol–water partition coefficient (Wildman–Crippen LogP) is 4.18. The highest BCUT2D eigenvalue weighted by Crippen LogP contribution is 2.26. The smallest absolute Gasteiger partial charge is 0.278 e. The van der Waals surface area contributed by atoms with Gasteiger partial charge in [-0.2, -0.15) is 0 Å². The molecule has 0 unspecified atom stereocenters. The number of benzene rings is 1. The second-order valence-electron chi connectivity index (χ2n) is 5.90. The van der Waals surface area contributed by atoms with E-state index in [9.17, 15) is 13.6 Å². The van der Waals surface area contributed by atoms with E-state index >= 15 is 0 Å². The number of aryl methyl sites for hydroxylation is 1. The molecule has 3 aromatic rings. The molecule has 0 aliphatic heterocycles. The summed E-state index contributed by atoms with van der Waals surface area (Å²) in [5, 5.41) is 0.491. The van der Waals surface area contributed by atoms with Crippen LogP contribution in [0, 0.1) is 18.6 Å². The summed E-state index contributed by atoms with van der Waals surface area (Å²) < 4.78 is 28.7. The molecule has 0 bridgehead atoms. The molecule has 0 aliphatic carbocycles. The van der Waals surface area contributed by atoms with Gasteiger partial charge >= 0.3 is 0 Å². The first-order valence-electron chi connectivity index (χ1n) is 7.55. The Bertz CT molecular complexity index is 962. The molecule has 0 fully saturated rings. The quantitative estimate of drug-likeness (QED) is 0.568. The van der Waals surface area contributed by atoms with Crippen LogP contribution in [0.15, 0.2) is 34.2 Å². The van der Waals surface area contributed by atoms with Gasteiger partial charge in [-0.25, -0.2) is 13.8 Å². The molecule has 2 aromatic heterocycles. The van der Waals surface area contributed by atoms with Crippen LogP contribution in [0.2, 0.25) is 0 Å². The number of nitrogens with zero attached hydrogens (tertiary/aromatic N) is 2. The molecular formula is C17H17F2N3OS. The second kappa shape index (κ2) is 6.39.